The molecular weight excluding hydrogens is 280 g/mol. The first-order valence-electron chi connectivity index (χ1n) is 6.55. The Morgan fingerprint density at radius 2 is 1.86 bits per heavy atom. The van der Waals surface area contributed by atoms with Crippen LogP contribution >= 0.6 is 12.2 Å². The lowest BCUT2D eigenvalue weighted by atomic mass is 10.2. The minimum Gasteiger partial charge on any atom is -0.332 e. The first-order chi connectivity index (χ1) is 10.1. The highest BCUT2D eigenvalue weighted by Gasteiger charge is 2.01. The van der Waals surface area contributed by atoms with E-state index in [1.165, 1.54) is 6.08 Å². The predicted octanol–water partition coefficient (Wildman–Crippen LogP) is 3.52. The van der Waals surface area contributed by atoms with Crippen molar-refractivity contribution in [3.63, 3.8) is 0 Å². The van der Waals surface area contributed by atoms with Gasteiger partial charge in [-0.25, -0.2) is 0 Å². The summed E-state index contributed by atoms with van der Waals surface area (Å²) in [4.78, 5) is 11.8. The van der Waals surface area contributed by atoms with Crippen molar-refractivity contribution in [1.82, 2.24) is 5.32 Å². The van der Waals surface area contributed by atoms with Gasteiger partial charge in [-0.05, 0) is 48.5 Å². The lowest BCUT2D eigenvalue weighted by Gasteiger charge is -2.08. The molecule has 0 spiro atoms. The maximum Gasteiger partial charge on any atom is 0.250 e. The highest BCUT2D eigenvalue weighted by Crippen LogP contribution is 2.09. The van der Waals surface area contributed by atoms with Gasteiger partial charge in [0, 0.05) is 11.8 Å². The third kappa shape index (κ3) is 5.20. The van der Waals surface area contributed by atoms with Crippen molar-refractivity contribution in [2.45, 2.75) is 6.92 Å². The van der Waals surface area contributed by atoms with E-state index in [4.69, 9.17) is 12.2 Å². The minimum absolute atomic E-state index is 0.260. The van der Waals surface area contributed by atoms with Gasteiger partial charge in [0.05, 0.1) is 0 Å². The second-order valence-electron chi connectivity index (χ2n) is 4.56. The quantitative estimate of drug-likeness (QED) is 0.672. The van der Waals surface area contributed by atoms with Crippen LogP contribution in [0.25, 0.3) is 6.08 Å². The van der Waals surface area contributed by atoms with Gasteiger partial charge in [-0.1, -0.05) is 42.5 Å². The zero-order valence-electron chi connectivity index (χ0n) is 11.7. The van der Waals surface area contributed by atoms with Gasteiger partial charge in [0.15, 0.2) is 5.11 Å². The number of hydrogen-bond donors (Lipinski definition) is 2. The summed E-state index contributed by atoms with van der Waals surface area (Å²) < 4.78 is 0. The van der Waals surface area contributed by atoms with Gasteiger partial charge < -0.3 is 5.32 Å². The third-order valence-corrected chi connectivity index (χ3v) is 2.94. The molecule has 0 radical (unpaired) electrons. The molecule has 0 aliphatic carbocycles. The van der Waals surface area contributed by atoms with Crippen LogP contribution in [0.3, 0.4) is 0 Å². The summed E-state index contributed by atoms with van der Waals surface area (Å²) in [5.41, 5.74) is 2.94. The Balaban J connectivity index is 1.88. The van der Waals surface area contributed by atoms with E-state index >= 15 is 0 Å². The van der Waals surface area contributed by atoms with E-state index in [-0.39, 0.29) is 11.0 Å². The molecule has 1 amide bonds. The molecule has 0 fully saturated rings. The number of carbonyl (C=O) groups is 1. The Morgan fingerprint density at radius 3 is 2.57 bits per heavy atom. The first-order valence-corrected chi connectivity index (χ1v) is 6.96. The average molecular weight is 296 g/mol. The first kappa shape index (κ1) is 14.9. The van der Waals surface area contributed by atoms with Crippen molar-refractivity contribution in [1.29, 1.82) is 0 Å². The van der Waals surface area contributed by atoms with E-state index in [0.29, 0.717) is 0 Å². The second-order valence-corrected chi connectivity index (χ2v) is 4.97. The number of carbonyl (C=O) groups excluding carboxylic acids is 1. The number of benzene rings is 2. The second kappa shape index (κ2) is 7.36. The molecule has 3 nitrogen and oxygen atoms in total. The van der Waals surface area contributed by atoms with E-state index in [0.717, 1.165) is 16.8 Å². The standard InChI is InChI=1S/C17H16N2OS/c1-13-6-5-9-15(12-13)18-17(21)19-16(20)11-10-14-7-3-2-4-8-14/h2-12H,1H3,(H2,18,19,20,21)/b11-10+. The SMILES string of the molecule is Cc1cccc(NC(=S)NC(=O)/C=C/c2ccccc2)c1. The predicted molar refractivity (Wildman–Crippen MR) is 91.0 cm³/mol. The summed E-state index contributed by atoms with van der Waals surface area (Å²) in [7, 11) is 0. The van der Waals surface area contributed by atoms with Gasteiger partial charge in [0.25, 0.3) is 0 Å². The lowest BCUT2D eigenvalue weighted by Crippen LogP contribution is -2.32. The molecule has 0 atom stereocenters. The molecule has 106 valence electrons. The van der Waals surface area contributed by atoms with Crippen molar-refractivity contribution in [3.8, 4) is 0 Å². The summed E-state index contributed by atoms with van der Waals surface area (Å²) >= 11 is 5.11. The van der Waals surface area contributed by atoms with Crippen LogP contribution in [0.1, 0.15) is 11.1 Å². The zero-order chi connectivity index (χ0) is 15.1. The summed E-state index contributed by atoms with van der Waals surface area (Å²) in [6.07, 6.45) is 3.20. The minimum atomic E-state index is -0.260. The molecule has 2 aromatic carbocycles. The fourth-order valence-corrected chi connectivity index (χ4v) is 1.99. The Labute approximate surface area is 129 Å². The van der Waals surface area contributed by atoms with Crippen molar-refractivity contribution in [2.75, 3.05) is 5.32 Å². The molecule has 2 rings (SSSR count). The number of anilines is 1. The summed E-state index contributed by atoms with van der Waals surface area (Å²) in [6.45, 7) is 2.00. The highest BCUT2D eigenvalue weighted by molar-refractivity contribution is 7.80. The molecule has 0 saturated heterocycles. The molecular formula is C17H16N2OS. The fourth-order valence-electron chi connectivity index (χ4n) is 1.77. The Hall–Kier alpha value is -2.46. The topological polar surface area (TPSA) is 41.1 Å². The maximum atomic E-state index is 11.8. The zero-order valence-corrected chi connectivity index (χ0v) is 12.5. The molecule has 0 unspecified atom stereocenters. The average Bonchev–Trinajstić information content (AvgIpc) is 2.46. The Morgan fingerprint density at radius 1 is 1.10 bits per heavy atom. The van der Waals surface area contributed by atoms with Gasteiger partial charge in [-0.15, -0.1) is 0 Å². The highest BCUT2D eigenvalue weighted by atomic mass is 32.1. The fraction of sp³-hybridized carbons (Fsp3) is 0.0588. The molecule has 2 N–H and O–H groups in total. The number of hydrogen-bond acceptors (Lipinski definition) is 2. The Bertz CT molecular complexity index is 666. The van der Waals surface area contributed by atoms with Crippen LogP contribution in [-0.4, -0.2) is 11.0 Å². The van der Waals surface area contributed by atoms with Gasteiger partial charge in [-0.2, -0.15) is 0 Å². The molecule has 0 bridgehead atoms. The molecule has 2 aromatic rings. The van der Waals surface area contributed by atoms with E-state index in [2.05, 4.69) is 10.6 Å². The van der Waals surface area contributed by atoms with Crippen molar-refractivity contribution >= 4 is 35.0 Å². The van der Waals surface area contributed by atoms with Crippen LogP contribution in [0.5, 0.6) is 0 Å². The van der Waals surface area contributed by atoms with Crippen LogP contribution in [0.4, 0.5) is 5.69 Å². The molecule has 0 saturated carbocycles. The van der Waals surface area contributed by atoms with Gasteiger partial charge in [0.1, 0.15) is 0 Å². The van der Waals surface area contributed by atoms with E-state index < -0.39 is 0 Å². The van der Waals surface area contributed by atoms with E-state index in [1.807, 2.05) is 61.5 Å². The largest absolute Gasteiger partial charge is 0.332 e. The Kier molecular flexibility index (Phi) is 5.23. The molecule has 0 aromatic heterocycles. The van der Waals surface area contributed by atoms with Crippen LogP contribution in [0, 0.1) is 6.92 Å². The van der Waals surface area contributed by atoms with Crippen molar-refractivity contribution < 1.29 is 4.79 Å². The normalized spacial score (nSPS) is 10.3. The van der Waals surface area contributed by atoms with Crippen LogP contribution in [-0.2, 0) is 4.79 Å². The number of aryl methyl sites for hydroxylation is 1. The third-order valence-electron chi connectivity index (χ3n) is 2.74. The number of nitrogens with one attached hydrogen (secondary N) is 2. The molecule has 21 heavy (non-hydrogen) atoms. The molecule has 0 aliphatic rings. The van der Waals surface area contributed by atoms with E-state index in [1.54, 1.807) is 6.08 Å². The van der Waals surface area contributed by atoms with Gasteiger partial charge in [-0.3, -0.25) is 10.1 Å². The monoisotopic (exact) mass is 296 g/mol. The van der Waals surface area contributed by atoms with Crippen LogP contribution in [0.2, 0.25) is 0 Å². The maximum absolute atomic E-state index is 11.8. The van der Waals surface area contributed by atoms with Gasteiger partial charge in [0.2, 0.25) is 5.91 Å². The lowest BCUT2D eigenvalue weighted by molar-refractivity contribution is -0.115. The van der Waals surface area contributed by atoms with Crippen LogP contribution < -0.4 is 10.6 Å². The van der Waals surface area contributed by atoms with Crippen molar-refractivity contribution in [3.05, 3.63) is 71.8 Å². The molecule has 0 heterocycles. The molecule has 4 heteroatoms. The van der Waals surface area contributed by atoms with Gasteiger partial charge >= 0.3 is 0 Å². The smallest absolute Gasteiger partial charge is 0.250 e. The van der Waals surface area contributed by atoms with E-state index in [9.17, 15) is 4.79 Å². The van der Waals surface area contributed by atoms with Crippen molar-refractivity contribution in [2.24, 2.45) is 0 Å². The number of rotatable bonds is 3. The summed E-state index contributed by atoms with van der Waals surface area (Å²) in [5, 5.41) is 5.87. The summed E-state index contributed by atoms with van der Waals surface area (Å²) in [6, 6.07) is 17.4. The van der Waals surface area contributed by atoms with Crippen LogP contribution in [0.15, 0.2) is 60.7 Å². The number of amides is 1. The summed E-state index contributed by atoms with van der Waals surface area (Å²) in [5.74, 6) is -0.260. The number of thiocarbonyl (C=S) groups is 1. The molecule has 0 aliphatic heterocycles.